The van der Waals surface area contributed by atoms with Crippen molar-refractivity contribution in [3.8, 4) is 11.5 Å². The average molecular weight is 313 g/mol. The molecule has 1 saturated heterocycles. The van der Waals surface area contributed by atoms with Gasteiger partial charge < -0.3 is 19.7 Å². The minimum absolute atomic E-state index is 0.102. The van der Waals surface area contributed by atoms with E-state index in [4.69, 9.17) is 21.1 Å². The Morgan fingerprint density at radius 2 is 1.86 bits per heavy atom. The lowest BCUT2D eigenvalue weighted by Gasteiger charge is -2.27. The summed E-state index contributed by atoms with van der Waals surface area (Å²) in [5, 5.41) is 3.58. The second kappa shape index (κ2) is 7.41. The summed E-state index contributed by atoms with van der Waals surface area (Å²) in [6.07, 6.45) is 3.38. The van der Waals surface area contributed by atoms with Crippen molar-refractivity contribution in [3.05, 3.63) is 17.2 Å². The number of hydrogen-bond acceptors (Lipinski definition) is 4. The summed E-state index contributed by atoms with van der Waals surface area (Å²) in [5.41, 5.74) is 0.698. The van der Waals surface area contributed by atoms with Gasteiger partial charge in [-0.2, -0.15) is 0 Å². The van der Waals surface area contributed by atoms with Gasteiger partial charge in [0, 0.05) is 25.2 Å². The predicted octanol–water partition coefficient (Wildman–Crippen LogP) is 2.78. The van der Waals surface area contributed by atoms with Crippen molar-refractivity contribution < 1.29 is 14.3 Å². The number of piperidine rings is 1. The Kier molecular flexibility index (Phi) is 5.56. The van der Waals surface area contributed by atoms with Crippen LogP contribution in [0.2, 0.25) is 5.02 Å². The molecule has 0 aliphatic carbocycles. The number of amides is 1. The third kappa shape index (κ3) is 3.94. The number of halogens is 1. The molecule has 1 aromatic rings. The highest BCUT2D eigenvalue weighted by molar-refractivity contribution is 6.32. The van der Waals surface area contributed by atoms with Crippen LogP contribution >= 0.6 is 11.6 Å². The average Bonchev–Trinajstić information content (AvgIpc) is 2.53. The van der Waals surface area contributed by atoms with Gasteiger partial charge in [-0.15, -0.1) is 0 Å². The molecule has 1 heterocycles. The zero-order valence-corrected chi connectivity index (χ0v) is 13.2. The summed E-state index contributed by atoms with van der Waals surface area (Å²) in [7, 11) is 3.12. The van der Waals surface area contributed by atoms with Crippen molar-refractivity contribution in [3.63, 3.8) is 0 Å². The van der Waals surface area contributed by atoms with Crippen molar-refractivity contribution in [1.82, 2.24) is 4.90 Å². The number of methoxy groups -OCH3 is 2. The molecule has 116 valence electrons. The van der Waals surface area contributed by atoms with Crippen LogP contribution in [0.1, 0.15) is 19.3 Å². The van der Waals surface area contributed by atoms with Crippen LogP contribution in [0.4, 0.5) is 5.69 Å². The van der Waals surface area contributed by atoms with Crippen molar-refractivity contribution in [2.24, 2.45) is 0 Å². The largest absolute Gasteiger partial charge is 0.495 e. The second-order valence-corrected chi connectivity index (χ2v) is 5.39. The van der Waals surface area contributed by atoms with Gasteiger partial charge >= 0.3 is 0 Å². The van der Waals surface area contributed by atoms with Crippen molar-refractivity contribution >= 4 is 23.2 Å². The van der Waals surface area contributed by atoms with Crippen LogP contribution in [0.25, 0.3) is 0 Å². The summed E-state index contributed by atoms with van der Waals surface area (Å²) < 4.78 is 10.5. The fourth-order valence-corrected chi connectivity index (χ4v) is 2.66. The predicted molar refractivity (Wildman–Crippen MR) is 83.5 cm³/mol. The topological polar surface area (TPSA) is 50.8 Å². The maximum absolute atomic E-state index is 12.2. The molecular formula is C15H21ClN2O3. The summed E-state index contributed by atoms with van der Waals surface area (Å²) >= 11 is 6.06. The van der Waals surface area contributed by atoms with E-state index in [-0.39, 0.29) is 12.5 Å². The zero-order valence-electron chi connectivity index (χ0n) is 12.4. The number of carbonyl (C=O) groups excluding carboxylic acids is 1. The number of rotatable bonds is 5. The van der Waals surface area contributed by atoms with E-state index in [1.54, 1.807) is 26.4 Å². The minimum Gasteiger partial charge on any atom is -0.495 e. The molecule has 0 atom stereocenters. The zero-order chi connectivity index (χ0) is 15.2. The maximum atomic E-state index is 12.2. The highest BCUT2D eigenvalue weighted by atomic mass is 35.5. The Labute approximate surface area is 130 Å². The fourth-order valence-electron chi connectivity index (χ4n) is 2.42. The standard InChI is InChI=1S/C15H21ClN2O3/c1-20-13-9-12(14(21-2)8-11(13)16)17-10-15(19)18-6-4-3-5-7-18/h8-9,17H,3-7,10H2,1-2H3. The Bertz CT molecular complexity index is 502. The van der Waals surface area contributed by atoms with Gasteiger partial charge in [0.2, 0.25) is 5.91 Å². The Morgan fingerprint density at radius 1 is 1.19 bits per heavy atom. The molecule has 0 aromatic heterocycles. The molecular weight excluding hydrogens is 292 g/mol. The summed E-state index contributed by atoms with van der Waals surface area (Å²) in [6.45, 7) is 1.93. The van der Waals surface area contributed by atoms with Crippen LogP contribution in [0.3, 0.4) is 0 Å². The van der Waals surface area contributed by atoms with Crippen LogP contribution in [-0.2, 0) is 4.79 Å². The number of likely N-dealkylation sites (tertiary alicyclic amines) is 1. The monoisotopic (exact) mass is 312 g/mol. The summed E-state index contributed by atoms with van der Waals surface area (Å²) in [4.78, 5) is 14.1. The van der Waals surface area contributed by atoms with Gasteiger partial charge in [0.25, 0.3) is 0 Å². The lowest BCUT2D eigenvalue weighted by molar-refractivity contribution is -0.130. The molecule has 1 amide bonds. The minimum atomic E-state index is 0.102. The van der Waals surface area contributed by atoms with E-state index in [1.165, 1.54) is 6.42 Å². The molecule has 0 bridgehead atoms. The first-order valence-electron chi connectivity index (χ1n) is 7.09. The molecule has 5 nitrogen and oxygen atoms in total. The van der Waals surface area contributed by atoms with E-state index in [2.05, 4.69) is 5.32 Å². The molecule has 1 aliphatic rings. The van der Waals surface area contributed by atoms with Gasteiger partial charge in [-0.1, -0.05) is 11.6 Å². The van der Waals surface area contributed by atoms with E-state index in [0.717, 1.165) is 25.9 Å². The highest BCUT2D eigenvalue weighted by Gasteiger charge is 2.17. The normalized spacial score (nSPS) is 14.7. The van der Waals surface area contributed by atoms with Crippen LogP contribution in [0.5, 0.6) is 11.5 Å². The van der Waals surface area contributed by atoms with Crippen molar-refractivity contribution in [2.75, 3.05) is 39.2 Å². The lowest BCUT2D eigenvalue weighted by atomic mass is 10.1. The van der Waals surface area contributed by atoms with Gasteiger partial charge in [-0.05, 0) is 19.3 Å². The Hall–Kier alpha value is -1.62. The summed E-state index contributed by atoms with van der Waals surface area (Å²) in [6, 6.07) is 3.42. The Morgan fingerprint density at radius 3 is 2.48 bits per heavy atom. The first-order valence-corrected chi connectivity index (χ1v) is 7.46. The molecule has 0 saturated carbocycles. The Balaban J connectivity index is 2.03. The molecule has 1 N–H and O–H groups in total. The third-order valence-corrected chi connectivity index (χ3v) is 3.91. The molecule has 1 fully saturated rings. The first kappa shape index (κ1) is 15.8. The number of hydrogen-bond donors (Lipinski definition) is 1. The third-order valence-electron chi connectivity index (χ3n) is 3.61. The van der Waals surface area contributed by atoms with Crippen molar-refractivity contribution in [1.29, 1.82) is 0 Å². The number of anilines is 1. The number of nitrogens with zero attached hydrogens (tertiary/aromatic N) is 1. The van der Waals surface area contributed by atoms with Gasteiger partial charge in [-0.3, -0.25) is 4.79 Å². The summed E-state index contributed by atoms with van der Waals surface area (Å²) in [5.74, 6) is 1.24. The van der Waals surface area contributed by atoms with Gasteiger partial charge in [-0.25, -0.2) is 0 Å². The van der Waals surface area contributed by atoms with Crippen LogP contribution in [0.15, 0.2) is 12.1 Å². The smallest absolute Gasteiger partial charge is 0.241 e. The molecule has 0 unspecified atom stereocenters. The number of carbonyl (C=O) groups is 1. The van der Waals surface area contributed by atoms with Gasteiger partial charge in [0.15, 0.2) is 0 Å². The van der Waals surface area contributed by atoms with Crippen LogP contribution < -0.4 is 14.8 Å². The second-order valence-electron chi connectivity index (χ2n) is 4.98. The van der Waals surface area contributed by atoms with E-state index in [9.17, 15) is 4.79 Å². The first-order chi connectivity index (χ1) is 10.2. The SMILES string of the molecule is COc1cc(NCC(=O)N2CCCCC2)c(OC)cc1Cl. The van der Waals surface area contributed by atoms with E-state index < -0.39 is 0 Å². The maximum Gasteiger partial charge on any atom is 0.241 e. The quantitative estimate of drug-likeness (QED) is 0.908. The number of ether oxygens (including phenoxy) is 2. The fraction of sp³-hybridized carbons (Fsp3) is 0.533. The van der Waals surface area contributed by atoms with E-state index in [1.807, 2.05) is 4.90 Å². The van der Waals surface area contributed by atoms with E-state index >= 15 is 0 Å². The molecule has 6 heteroatoms. The number of benzene rings is 1. The molecule has 0 spiro atoms. The van der Waals surface area contributed by atoms with Crippen LogP contribution in [-0.4, -0.2) is 44.7 Å². The molecule has 21 heavy (non-hydrogen) atoms. The lowest BCUT2D eigenvalue weighted by Crippen LogP contribution is -2.39. The van der Waals surface area contributed by atoms with Gasteiger partial charge in [0.05, 0.1) is 31.5 Å². The molecule has 2 rings (SSSR count). The van der Waals surface area contributed by atoms with Gasteiger partial charge in [0.1, 0.15) is 11.5 Å². The molecule has 1 aliphatic heterocycles. The van der Waals surface area contributed by atoms with Crippen LogP contribution in [0, 0.1) is 0 Å². The highest BCUT2D eigenvalue weighted by Crippen LogP contribution is 2.35. The van der Waals surface area contributed by atoms with Crippen molar-refractivity contribution in [2.45, 2.75) is 19.3 Å². The number of nitrogens with one attached hydrogen (secondary N) is 1. The molecule has 0 radical (unpaired) electrons. The molecule has 1 aromatic carbocycles. The van der Waals surface area contributed by atoms with E-state index in [0.29, 0.717) is 22.2 Å².